The van der Waals surface area contributed by atoms with E-state index in [1.807, 2.05) is 62.7 Å². The van der Waals surface area contributed by atoms with Gasteiger partial charge in [-0.25, -0.2) is 0 Å². The molecule has 0 aliphatic carbocycles. The molecular weight excluding hydrogens is 384 g/mol. The Kier molecular flexibility index (Phi) is 6.59. The lowest BCUT2D eigenvalue weighted by molar-refractivity contribution is -0.113. The Balaban J connectivity index is 1.55. The number of rotatable bonds is 7. The molecule has 6 nitrogen and oxygen atoms in total. The minimum absolute atomic E-state index is 0.0747. The summed E-state index contributed by atoms with van der Waals surface area (Å²) in [5.41, 5.74) is 5.44. The largest absolute Gasteiger partial charge is 0.485 e. The number of benzene rings is 2. The Bertz CT molecular complexity index is 1030. The number of carbonyl (C=O) groups excluding carboxylic acids is 1. The zero-order chi connectivity index (χ0) is 21.0. The van der Waals surface area contributed by atoms with Gasteiger partial charge in [-0.1, -0.05) is 35.5 Å². The number of anilines is 1. The molecule has 0 saturated heterocycles. The van der Waals surface area contributed by atoms with Crippen LogP contribution in [0.4, 0.5) is 5.69 Å². The van der Waals surface area contributed by atoms with Gasteiger partial charge >= 0.3 is 0 Å². The molecule has 2 aromatic carbocycles. The number of hydrogen-bond donors (Lipinski definition) is 1. The zero-order valence-electron chi connectivity index (χ0n) is 17.4. The topological polar surface area (TPSA) is 69.0 Å². The molecule has 1 heterocycles. The van der Waals surface area contributed by atoms with Crippen LogP contribution in [0, 0.1) is 27.7 Å². The Morgan fingerprint density at radius 2 is 1.83 bits per heavy atom. The third-order valence-corrected chi connectivity index (χ3v) is 5.76. The van der Waals surface area contributed by atoms with Crippen molar-refractivity contribution in [2.24, 2.45) is 7.05 Å². The van der Waals surface area contributed by atoms with E-state index < -0.39 is 0 Å². The van der Waals surface area contributed by atoms with Crippen molar-refractivity contribution in [2.75, 3.05) is 11.1 Å². The smallest absolute Gasteiger partial charge is 0.234 e. The molecule has 29 heavy (non-hydrogen) atoms. The van der Waals surface area contributed by atoms with Gasteiger partial charge in [0, 0.05) is 12.7 Å². The zero-order valence-corrected chi connectivity index (χ0v) is 18.3. The molecule has 0 fully saturated rings. The second kappa shape index (κ2) is 9.13. The minimum Gasteiger partial charge on any atom is -0.485 e. The second-order valence-electron chi connectivity index (χ2n) is 7.15. The second-order valence-corrected chi connectivity index (χ2v) is 8.09. The number of carbonyl (C=O) groups is 1. The summed E-state index contributed by atoms with van der Waals surface area (Å²) in [7, 11) is 1.88. The van der Waals surface area contributed by atoms with Crippen molar-refractivity contribution in [3.05, 3.63) is 64.5 Å². The summed E-state index contributed by atoms with van der Waals surface area (Å²) in [5.74, 6) is 1.73. The lowest BCUT2D eigenvalue weighted by Crippen LogP contribution is -2.14. The fourth-order valence-corrected chi connectivity index (χ4v) is 3.58. The molecule has 0 radical (unpaired) electrons. The molecule has 0 saturated carbocycles. The van der Waals surface area contributed by atoms with Crippen LogP contribution in [-0.4, -0.2) is 26.4 Å². The molecule has 0 aliphatic rings. The highest BCUT2D eigenvalue weighted by Crippen LogP contribution is 2.21. The molecule has 1 N–H and O–H groups in total. The van der Waals surface area contributed by atoms with Gasteiger partial charge < -0.3 is 14.6 Å². The molecule has 7 heteroatoms. The van der Waals surface area contributed by atoms with Gasteiger partial charge in [0.15, 0.2) is 11.0 Å². The third-order valence-electron chi connectivity index (χ3n) is 4.74. The fraction of sp³-hybridized carbons (Fsp3) is 0.318. The summed E-state index contributed by atoms with van der Waals surface area (Å²) in [5, 5.41) is 12.0. The lowest BCUT2D eigenvalue weighted by atomic mass is 10.1. The van der Waals surface area contributed by atoms with Crippen LogP contribution in [0.2, 0.25) is 0 Å². The monoisotopic (exact) mass is 410 g/mol. The molecule has 152 valence electrons. The molecule has 0 atom stereocenters. The predicted molar refractivity (Wildman–Crippen MR) is 117 cm³/mol. The average molecular weight is 411 g/mol. The van der Waals surface area contributed by atoms with E-state index in [1.165, 1.54) is 22.9 Å². The van der Waals surface area contributed by atoms with Crippen LogP contribution in [0.1, 0.15) is 28.1 Å². The highest BCUT2D eigenvalue weighted by Gasteiger charge is 2.13. The summed E-state index contributed by atoms with van der Waals surface area (Å²) < 4.78 is 7.74. The van der Waals surface area contributed by atoms with Gasteiger partial charge in [0.1, 0.15) is 12.4 Å². The number of nitrogens with one attached hydrogen (secondary N) is 1. The van der Waals surface area contributed by atoms with E-state index in [0.29, 0.717) is 17.6 Å². The van der Waals surface area contributed by atoms with Crippen molar-refractivity contribution in [3.8, 4) is 5.75 Å². The first kappa shape index (κ1) is 20.9. The third kappa shape index (κ3) is 5.38. The normalized spacial score (nSPS) is 10.8. The van der Waals surface area contributed by atoms with E-state index in [1.54, 1.807) is 0 Å². The van der Waals surface area contributed by atoms with Crippen LogP contribution in [-0.2, 0) is 18.4 Å². The molecule has 1 aromatic heterocycles. The SMILES string of the molecule is Cc1ccc(OCc2nnc(SCC(=O)Nc3ccc(C)c(C)c3)n2C)c(C)c1. The summed E-state index contributed by atoms with van der Waals surface area (Å²) in [4.78, 5) is 12.3. The highest BCUT2D eigenvalue weighted by atomic mass is 32.2. The number of hydrogen-bond acceptors (Lipinski definition) is 5. The Morgan fingerprint density at radius 1 is 1.03 bits per heavy atom. The predicted octanol–water partition coefficient (Wildman–Crippen LogP) is 4.36. The maximum Gasteiger partial charge on any atom is 0.234 e. The summed E-state index contributed by atoms with van der Waals surface area (Å²) >= 11 is 1.35. The van der Waals surface area contributed by atoms with Crippen molar-refractivity contribution in [2.45, 2.75) is 39.5 Å². The summed E-state index contributed by atoms with van der Waals surface area (Å²) in [6.07, 6.45) is 0. The Hall–Kier alpha value is -2.80. The summed E-state index contributed by atoms with van der Waals surface area (Å²) in [6, 6.07) is 12.0. The molecule has 0 spiro atoms. The van der Waals surface area contributed by atoms with Crippen molar-refractivity contribution in [3.63, 3.8) is 0 Å². The molecule has 1 amide bonds. The lowest BCUT2D eigenvalue weighted by Gasteiger charge is -2.10. The van der Waals surface area contributed by atoms with Gasteiger partial charge in [0.25, 0.3) is 0 Å². The Labute approximate surface area is 175 Å². The van der Waals surface area contributed by atoms with E-state index in [-0.39, 0.29) is 11.7 Å². The number of thioether (sulfide) groups is 1. The van der Waals surface area contributed by atoms with E-state index >= 15 is 0 Å². The first-order valence-electron chi connectivity index (χ1n) is 9.41. The maximum absolute atomic E-state index is 12.3. The van der Waals surface area contributed by atoms with E-state index in [2.05, 4.69) is 28.5 Å². The Morgan fingerprint density at radius 3 is 2.55 bits per heavy atom. The first-order chi connectivity index (χ1) is 13.8. The number of nitrogens with zero attached hydrogens (tertiary/aromatic N) is 3. The van der Waals surface area contributed by atoms with Crippen LogP contribution >= 0.6 is 11.8 Å². The van der Waals surface area contributed by atoms with E-state index in [0.717, 1.165) is 22.6 Å². The number of aromatic nitrogens is 3. The van der Waals surface area contributed by atoms with Crippen LogP contribution in [0.25, 0.3) is 0 Å². The van der Waals surface area contributed by atoms with Crippen LogP contribution < -0.4 is 10.1 Å². The fourth-order valence-electron chi connectivity index (χ4n) is 2.85. The van der Waals surface area contributed by atoms with Gasteiger partial charge in [-0.15, -0.1) is 10.2 Å². The van der Waals surface area contributed by atoms with Crippen LogP contribution in [0.15, 0.2) is 41.6 Å². The standard InChI is InChI=1S/C22H26N4O2S/c1-14-6-9-19(17(4)10-14)28-12-20-24-25-22(26(20)5)29-13-21(27)23-18-8-7-15(2)16(3)11-18/h6-11H,12-13H2,1-5H3,(H,23,27). The summed E-state index contributed by atoms with van der Waals surface area (Å²) in [6.45, 7) is 8.48. The van der Waals surface area contributed by atoms with Crippen molar-refractivity contribution < 1.29 is 9.53 Å². The van der Waals surface area contributed by atoms with Crippen molar-refractivity contribution in [1.82, 2.24) is 14.8 Å². The van der Waals surface area contributed by atoms with Gasteiger partial charge in [-0.2, -0.15) is 0 Å². The number of ether oxygens (including phenoxy) is 1. The number of amides is 1. The van der Waals surface area contributed by atoms with Crippen LogP contribution in [0.3, 0.4) is 0 Å². The van der Waals surface area contributed by atoms with Gasteiger partial charge in [-0.3, -0.25) is 4.79 Å². The van der Waals surface area contributed by atoms with E-state index in [9.17, 15) is 4.79 Å². The van der Waals surface area contributed by atoms with Gasteiger partial charge in [0.05, 0.1) is 5.75 Å². The molecule has 3 aromatic rings. The first-order valence-corrected chi connectivity index (χ1v) is 10.4. The molecule has 0 unspecified atom stereocenters. The number of aryl methyl sites for hydroxylation is 4. The minimum atomic E-state index is -0.0747. The molecular formula is C22H26N4O2S. The van der Waals surface area contributed by atoms with Gasteiger partial charge in [0.2, 0.25) is 5.91 Å². The molecule has 3 rings (SSSR count). The van der Waals surface area contributed by atoms with E-state index in [4.69, 9.17) is 4.74 Å². The average Bonchev–Trinajstić information content (AvgIpc) is 3.02. The van der Waals surface area contributed by atoms with Gasteiger partial charge in [-0.05, 0) is 62.6 Å². The van der Waals surface area contributed by atoms with Crippen LogP contribution in [0.5, 0.6) is 5.75 Å². The van der Waals surface area contributed by atoms with Crippen molar-refractivity contribution >= 4 is 23.4 Å². The van der Waals surface area contributed by atoms with Crippen molar-refractivity contribution in [1.29, 1.82) is 0 Å². The quantitative estimate of drug-likeness (QED) is 0.586. The molecule has 0 bridgehead atoms. The molecule has 0 aliphatic heterocycles. The maximum atomic E-state index is 12.3. The highest BCUT2D eigenvalue weighted by molar-refractivity contribution is 7.99.